The van der Waals surface area contributed by atoms with E-state index in [1.165, 1.54) is 9.80 Å². The molecule has 1 rings (SSSR count). The number of carboxylic acid groups (broad SMARTS) is 4. The summed E-state index contributed by atoms with van der Waals surface area (Å²) in [7, 11) is 0. The van der Waals surface area contributed by atoms with Crippen molar-refractivity contribution >= 4 is 35.5 Å². The van der Waals surface area contributed by atoms with Gasteiger partial charge < -0.3 is 41.7 Å². The second-order valence-electron chi connectivity index (χ2n) is 9.07. The smallest absolute Gasteiger partial charge is 0.317 e. The molecule has 0 heterocycles. The van der Waals surface area contributed by atoms with Crippen LogP contribution in [0, 0.1) is 0 Å². The van der Waals surface area contributed by atoms with E-state index < -0.39 is 68.9 Å². The summed E-state index contributed by atoms with van der Waals surface area (Å²) in [6.07, 6.45) is -1.62. The Kier molecular flexibility index (Phi) is 15.3. The summed E-state index contributed by atoms with van der Waals surface area (Å²) in [4.78, 5) is 60.9. The summed E-state index contributed by atoms with van der Waals surface area (Å²) in [6.45, 7) is -2.86. The Balaban J connectivity index is 3.21. The Bertz CT molecular complexity index is 974. The first kappa shape index (κ1) is 34.4. The molecule has 0 saturated heterocycles. The normalized spacial score (nSPS) is 12.2. The molecule has 1 amide bonds. The number of nitrogens with zero attached hydrogens (tertiary/aromatic N) is 3. The van der Waals surface area contributed by atoms with E-state index in [2.05, 4.69) is 5.32 Å². The Morgan fingerprint density at radius 1 is 0.750 bits per heavy atom. The van der Waals surface area contributed by atoms with Crippen LogP contribution in [0.1, 0.15) is 12.0 Å². The lowest BCUT2D eigenvalue weighted by molar-refractivity contribution is -0.143. The number of hydrogen-bond donors (Lipinski definition) is 8. The number of aliphatic hydroxyl groups excluding tert-OH is 1. The molecule has 0 unspecified atom stereocenters. The maximum absolute atomic E-state index is 11.8. The average Bonchev–Trinajstić information content (AvgIpc) is 2.81. The summed E-state index contributed by atoms with van der Waals surface area (Å²) < 4.78 is 0. The lowest BCUT2D eigenvalue weighted by Crippen LogP contribution is -2.52. The summed E-state index contributed by atoms with van der Waals surface area (Å²) in [5, 5.41) is 58.8. The van der Waals surface area contributed by atoms with Gasteiger partial charge in [-0.3, -0.25) is 38.7 Å². The fraction of sp³-hybridized carbons (Fsp3) is 0.542. The maximum Gasteiger partial charge on any atom is 0.317 e. The molecule has 0 fully saturated rings. The number of rotatable bonds is 21. The van der Waals surface area contributed by atoms with Gasteiger partial charge in [0, 0.05) is 44.3 Å². The molecule has 9 N–H and O–H groups in total. The molecule has 0 saturated carbocycles. The number of nitrogens with two attached hydrogens (primary N) is 1. The van der Waals surface area contributed by atoms with Crippen LogP contribution >= 0.6 is 0 Å². The van der Waals surface area contributed by atoms with Gasteiger partial charge in [0.05, 0.1) is 32.7 Å². The maximum atomic E-state index is 11.8. The minimum Gasteiger partial charge on any atom is -0.480 e. The van der Waals surface area contributed by atoms with Crippen LogP contribution in [0.2, 0.25) is 0 Å². The third-order valence-electron chi connectivity index (χ3n) is 5.61. The number of amides is 1. The van der Waals surface area contributed by atoms with Gasteiger partial charge in [0.15, 0.2) is 6.29 Å². The van der Waals surface area contributed by atoms with Gasteiger partial charge in [-0.1, -0.05) is 12.1 Å². The number of nitrogens with one attached hydrogen (secondary N) is 1. The fourth-order valence-electron chi connectivity index (χ4n) is 3.99. The van der Waals surface area contributed by atoms with E-state index in [1.807, 2.05) is 0 Å². The average molecular weight is 572 g/mol. The summed E-state index contributed by atoms with van der Waals surface area (Å²) in [5.74, 6) is -5.30. The van der Waals surface area contributed by atoms with E-state index in [0.717, 1.165) is 4.90 Å². The van der Waals surface area contributed by atoms with E-state index in [1.54, 1.807) is 24.3 Å². The first-order chi connectivity index (χ1) is 18.8. The number of hydrogen-bond acceptors (Lipinski definition) is 11. The molecule has 0 aliphatic rings. The van der Waals surface area contributed by atoms with E-state index in [0.29, 0.717) is 11.3 Å². The predicted molar refractivity (Wildman–Crippen MR) is 139 cm³/mol. The Morgan fingerprint density at radius 3 is 1.73 bits per heavy atom. The highest BCUT2D eigenvalue weighted by atomic mass is 16.5. The molecule has 224 valence electrons. The molecular weight excluding hydrogens is 534 g/mol. The Hall–Kier alpha value is -3.67. The molecule has 0 radical (unpaired) electrons. The van der Waals surface area contributed by atoms with Crippen molar-refractivity contribution in [1.82, 2.24) is 14.7 Å². The van der Waals surface area contributed by atoms with E-state index >= 15 is 0 Å². The number of carboxylic acids is 4. The number of benzene rings is 1. The number of aliphatic carboxylic acids is 4. The van der Waals surface area contributed by atoms with E-state index in [-0.39, 0.29) is 44.9 Å². The zero-order chi connectivity index (χ0) is 30.2. The fourth-order valence-corrected chi connectivity index (χ4v) is 3.99. The zero-order valence-electron chi connectivity index (χ0n) is 21.9. The van der Waals surface area contributed by atoms with Gasteiger partial charge in [-0.25, -0.2) is 0 Å². The second-order valence-corrected chi connectivity index (χ2v) is 9.07. The molecule has 1 aromatic rings. The lowest BCUT2D eigenvalue weighted by Gasteiger charge is -2.35. The van der Waals surface area contributed by atoms with Crippen LogP contribution in [0.15, 0.2) is 24.3 Å². The van der Waals surface area contributed by atoms with Gasteiger partial charge in [-0.05, 0) is 24.1 Å². The van der Waals surface area contributed by atoms with Crippen molar-refractivity contribution < 1.29 is 54.6 Å². The van der Waals surface area contributed by atoms with Crippen molar-refractivity contribution in [3.8, 4) is 0 Å². The Morgan fingerprint density at radius 2 is 1.25 bits per heavy atom. The number of carbonyl (C=O) groups is 5. The van der Waals surface area contributed by atoms with Crippen molar-refractivity contribution in [3.63, 3.8) is 0 Å². The summed E-state index contributed by atoms with van der Waals surface area (Å²) in [5.41, 5.74) is 6.53. The molecular formula is C24H37N5O11. The van der Waals surface area contributed by atoms with Gasteiger partial charge >= 0.3 is 23.9 Å². The van der Waals surface area contributed by atoms with Crippen LogP contribution in [0.25, 0.3) is 0 Å². The van der Waals surface area contributed by atoms with Gasteiger partial charge in [-0.2, -0.15) is 0 Å². The van der Waals surface area contributed by atoms with Crippen LogP contribution in [-0.2, 0) is 30.4 Å². The lowest BCUT2D eigenvalue weighted by atomic mass is 10.0. The summed E-state index contributed by atoms with van der Waals surface area (Å²) >= 11 is 0. The molecule has 16 nitrogen and oxygen atoms in total. The first-order valence-corrected chi connectivity index (χ1v) is 12.3. The molecule has 0 bridgehead atoms. The zero-order valence-corrected chi connectivity index (χ0v) is 21.9. The molecule has 0 spiro atoms. The molecule has 16 heteroatoms. The quantitative estimate of drug-likeness (QED) is 0.0706. The van der Waals surface area contributed by atoms with Crippen LogP contribution < -0.4 is 11.1 Å². The van der Waals surface area contributed by atoms with Crippen molar-refractivity contribution in [3.05, 3.63) is 29.8 Å². The van der Waals surface area contributed by atoms with Gasteiger partial charge in [0.25, 0.3) is 0 Å². The van der Waals surface area contributed by atoms with Crippen molar-refractivity contribution in [2.75, 3.05) is 64.2 Å². The van der Waals surface area contributed by atoms with Crippen LogP contribution in [0.4, 0.5) is 5.69 Å². The SMILES string of the molecule is NCCC(=O)Nc1ccc(C[C@H](CN(CCN(CC(=O)O)CC(=O)O)CC(=O)O)N(CC(=O)O)CC(O)O)cc1. The van der Waals surface area contributed by atoms with Crippen molar-refractivity contribution in [1.29, 1.82) is 0 Å². The molecule has 0 aromatic heterocycles. The van der Waals surface area contributed by atoms with Crippen LogP contribution in [0.5, 0.6) is 0 Å². The Labute approximate surface area is 230 Å². The molecule has 0 aliphatic heterocycles. The molecule has 1 aromatic carbocycles. The third-order valence-corrected chi connectivity index (χ3v) is 5.61. The van der Waals surface area contributed by atoms with Crippen LogP contribution in [-0.4, -0.2) is 146 Å². The molecule has 40 heavy (non-hydrogen) atoms. The van der Waals surface area contributed by atoms with E-state index in [9.17, 15) is 44.4 Å². The number of anilines is 1. The highest BCUT2D eigenvalue weighted by molar-refractivity contribution is 5.90. The topological polar surface area (TPSA) is 254 Å². The van der Waals surface area contributed by atoms with Crippen LogP contribution in [0.3, 0.4) is 0 Å². The first-order valence-electron chi connectivity index (χ1n) is 12.3. The highest BCUT2D eigenvalue weighted by Crippen LogP contribution is 2.16. The van der Waals surface area contributed by atoms with Crippen molar-refractivity contribution in [2.24, 2.45) is 5.73 Å². The number of carbonyl (C=O) groups excluding carboxylic acids is 1. The molecule has 1 atom stereocenters. The monoisotopic (exact) mass is 571 g/mol. The predicted octanol–water partition coefficient (Wildman–Crippen LogP) is -2.56. The largest absolute Gasteiger partial charge is 0.480 e. The third kappa shape index (κ3) is 15.1. The highest BCUT2D eigenvalue weighted by Gasteiger charge is 2.27. The molecule has 0 aliphatic carbocycles. The van der Waals surface area contributed by atoms with E-state index in [4.69, 9.17) is 15.9 Å². The minimum atomic E-state index is -1.89. The summed E-state index contributed by atoms with van der Waals surface area (Å²) in [6, 6.07) is 5.81. The van der Waals surface area contributed by atoms with Gasteiger partial charge in [0.2, 0.25) is 5.91 Å². The van der Waals surface area contributed by atoms with Gasteiger partial charge in [-0.15, -0.1) is 0 Å². The van der Waals surface area contributed by atoms with Gasteiger partial charge in [0.1, 0.15) is 0 Å². The standard InChI is InChI=1S/C24H37N5O11/c25-6-5-19(30)26-17-3-1-16(2-4-17)9-18(29(14-23(37)38)15-24(39)40)10-27(11-20(31)32)7-8-28(12-21(33)34)13-22(35)36/h1-4,18,23,37-38H,5-15,25H2,(H,26,30)(H,31,32)(H,33,34)(H,35,36)(H,39,40)/t18-/m1/s1. The number of aliphatic hydroxyl groups is 2. The second kappa shape index (κ2) is 17.8. The van der Waals surface area contributed by atoms with Crippen molar-refractivity contribution in [2.45, 2.75) is 25.2 Å². The minimum absolute atomic E-state index is 0.0714.